The Balaban J connectivity index is 2.19. The van der Waals surface area contributed by atoms with Crippen LogP contribution < -0.4 is 4.72 Å². The van der Waals surface area contributed by atoms with Crippen LogP contribution in [0.25, 0.3) is 0 Å². The second-order valence-corrected chi connectivity index (χ2v) is 5.78. The van der Waals surface area contributed by atoms with Crippen LogP contribution >= 0.6 is 0 Å². The molecule has 0 aliphatic rings. The number of benzene rings is 1. The molecule has 0 saturated heterocycles. The summed E-state index contributed by atoms with van der Waals surface area (Å²) in [5.41, 5.74) is 0.727. The van der Waals surface area contributed by atoms with E-state index in [4.69, 9.17) is 0 Å². The molecule has 2 rings (SSSR count). The highest BCUT2D eigenvalue weighted by Gasteiger charge is 2.16. The average molecular weight is 265 g/mol. The third kappa shape index (κ3) is 2.60. The van der Waals surface area contributed by atoms with E-state index in [9.17, 15) is 8.42 Å². The molecule has 0 bridgehead atoms. The molecule has 1 aromatic heterocycles. The van der Waals surface area contributed by atoms with Crippen LogP contribution in [0, 0.1) is 6.92 Å². The van der Waals surface area contributed by atoms with E-state index in [1.54, 1.807) is 42.1 Å². The number of nitrogens with one attached hydrogen (secondary N) is 1. The van der Waals surface area contributed by atoms with Gasteiger partial charge in [-0.1, -0.05) is 18.2 Å². The van der Waals surface area contributed by atoms with Crippen molar-refractivity contribution in [2.45, 2.75) is 18.4 Å². The highest BCUT2D eigenvalue weighted by Crippen LogP contribution is 2.13. The Bertz CT molecular complexity index is 647. The maximum absolute atomic E-state index is 12.1. The fraction of sp³-hybridized carbons (Fsp3) is 0.250. The van der Waals surface area contributed by atoms with Gasteiger partial charge in [-0.15, -0.1) is 0 Å². The van der Waals surface area contributed by atoms with Crippen molar-refractivity contribution >= 4 is 10.0 Å². The molecule has 0 aliphatic heterocycles. The monoisotopic (exact) mass is 265 g/mol. The smallest absolute Gasteiger partial charge is 0.241 e. The summed E-state index contributed by atoms with van der Waals surface area (Å²) in [7, 11) is -1.66. The largest absolute Gasteiger partial charge is 0.337 e. The third-order valence-corrected chi connectivity index (χ3v) is 4.29. The lowest BCUT2D eigenvalue weighted by Crippen LogP contribution is -2.25. The van der Waals surface area contributed by atoms with Gasteiger partial charge in [0.2, 0.25) is 10.0 Å². The van der Waals surface area contributed by atoms with Crippen molar-refractivity contribution in [2.24, 2.45) is 7.05 Å². The van der Waals surface area contributed by atoms with E-state index >= 15 is 0 Å². The number of nitrogens with zero attached hydrogens (tertiary/aromatic N) is 2. The lowest BCUT2D eigenvalue weighted by Gasteiger charge is -2.08. The summed E-state index contributed by atoms with van der Waals surface area (Å²) in [6.07, 6.45) is 3.41. The molecular formula is C12H15N3O2S. The molecule has 0 unspecified atom stereocenters. The molecule has 0 atom stereocenters. The lowest BCUT2D eigenvalue weighted by molar-refractivity contribution is 0.577. The van der Waals surface area contributed by atoms with Crippen molar-refractivity contribution in [1.29, 1.82) is 0 Å². The summed E-state index contributed by atoms with van der Waals surface area (Å²) in [5.74, 6) is 0.673. The van der Waals surface area contributed by atoms with Gasteiger partial charge in [0.05, 0.1) is 11.4 Å². The minimum atomic E-state index is -3.49. The number of aryl methyl sites for hydroxylation is 2. The maximum atomic E-state index is 12.1. The summed E-state index contributed by atoms with van der Waals surface area (Å²) in [6, 6.07) is 6.89. The molecule has 5 nitrogen and oxygen atoms in total. The van der Waals surface area contributed by atoms with Crippen LogP contribution in [0.4, 0.5) is 0 Å². The normalized spacial score (nSPS) is 11.7. The number of sulfonamides is 1. The molecule has 2 aromatic rings. The van der Waals surface area contributed by atoms with Gasteiger partial charge >= 0.3 is 0 Å². The molecule has 0 spiro atoms. The van der Waals surface area contributed by atoms with E-state index in [0.29, 0.717) is 10.7 Å². The van der Waals surface area contributed by atoms with Gasteiger partial charge in [0, 0.05) is 19.4 Å². The van der Waals surface area contributed by atoms with Gasteiger partial charge in [-0.3, -0.25) is 0 Å². The van der Waals surface area contributed by atoms with E-state index in [1.165, 1.54) is 0 Å². The standard InChI is InChI=1S/C12H15N3O2S/c1-10-5-3-4-6-11(10)18(16,17)14-9-12-13-7-8-15(12)2/h3-8,14H,9H2,1-2H3. The number of hydrogen-bond donors (Lipinski definition) is 1. The van der Waals surface area contributed by atoms with Gasteiger partial charge in [-0.05, 0) is 18.6 Å². The number of hydrogen-bond acceptors (Lipinski definition) is 3. The Morgan fingerprint density at radius 3 is 2.67 bits per heavy atom. The minimum absolute atomic E-state index is 0.181. The van der Waals surface area contributed by atoms with Gasteiger partial charge in [0.1, 0.15) is 5.82 Å². The highest BCUT2D eigenvalue weighted by atomic mass is 32.2. The Morgan fingerprint density at radius 1 is 1.33 bits per heavy atom. The highest BCUT2D eigenvalue weighted by molar-refractivity contribution is 7.89. The summed E-state index contributed by atoms with van der Waals surface area (Å²) < 4.78 is 28.5. The van der Waals surface area contributed by atoms with Gasteiger partial charge in [0.25, 0.3) is 0 Å². The zero-order valence-corrected chi connectivity index (χ0v) is 11.1. The van der Waals surface area contributed by atoms with E-state index < -0.39 is 10.0 Å². The third-order valence-electron chi connectivity index (χ3n) is 2.72. The Hall–Kier alpha value is -1.66. The molecule has 1 heterocycles. The maximum Gasteiger partial charge on any atom is 0.241 e. The molecule has 0 saturated carbocycles. The zero-order chi connectivity index (χ0) is 13.2. The topological polar surface area (TPSA) is 64.0 Å². The van der Waals surface area contributed by atoms with Crippen LogP contribution in [0.3, 0.4) is 0 Å². The summed E-state index contributed by atoms with van der Waals surface area (Å²) in [6.45, 7) is 1.95. The molecule has 0 radical (unpaired) electrons. The average Bonchev–Trinajstić information content (AvgIpc) is 2.73. The van der Waals surface area contributed by atoms with Crippen LogP contribution in [0.15, 0.2) is 41.6 Å². The van der Waals surface area contributed by atoms with Crippen molar-refractivity contribution < 1.29 is 8.42 Å². The van der Waals surface area contributed by atoms with Crippen LogP contribution in [-0.4, -0.2) is 18.0 Å². The van der Waals surface area contributed by atoms with E-state index in [-0.39, 0.29) is 6.54 Å². The first kappa shape index (κ1) is 12.8. The molecule has 18 heavy (non-hydrogen) atoms. The first-order valence-electron chi connectivity index (χ1n) is 5.52. The Labute approximate surface area is 107 Å². The molecule has 96 valence electrons. The van der Waals surface area contributed by atoms with Crippen molar-refractivity contribution in [2.75, 3.05) is 0 Å². The number of rotatable bonds is 4. The van der Waals surface area contributed by atoms with Crippen molar-refractivity contribution in [3.63, 3.8) is 0 Å². The summed E-state index contributed by atoms with van der Waals surface area (Å²) >= 11 is 0. The first-order valence-corrected chi connectivity index (χ1v) is 7.00. The van der Waals surface area contributed by atoms with Crippen molar-refractivity contribution in [1.82, 2.24) is 14.3 Å². The number of imidazole rings is 1. The molecule has 0 aliphatic carbocycles. The van der Waals surface area contributed by atoms with E-state index in [1.807, 2.05) is 13.1 Å². The van der Waals surface area contributed by atoms with Crippen LogP contribution in [0.1, 0.15) is 11.4 Å². The van der Waals surface area contributed by atoms with Crippen LogP contribution in [-0.2, 0) is 23.6 Å². The van der Waals surface area contributed by atoms with Gasteiger partial charge in [0.15, 0.2) is 0 Å². The molecular weight excluding hydrogens is 250 g/mol. The minimum Gasteiger partial charge on any atom is -0.337 e. The molecule has 0 fully saturated rings. The quantitative estimate of drug-likeness (QED) is 0.903. The molecule has 1 aromatic carbocycles. The first-order chi connectivity index (χ1) is 8.50. The number of aromatic nitrogens is 2. The fourth-order valence-corrected chi connectivity index (χ4v) is 2.89. The molecule has 1 N–H and O–H groups in total. The Morgan fingerprint density at radius 2 is 2.06 bits per heavy atom. The summed E-state index contributed by atoms with van der Waals surface area (Å²) in [5, 5.41) is 0. The van der Waals surface area contributed by atoms with Crippen LogP contribution in [0.5, 0.6) is 0 Å². The second kappa shape index (κ2) is 4.91. The zero-order valence-electron chi connectivity index (χ0n) is 10.3. The Kier molecular flexibility index (Phi) is 3.49. The van der Waals surface area contributed by atoms with E-state index in [0.717, 1.165) is 5.56 Å². The van der Waals surface area contributed by atoms with Crippen molar-refractivity contribution in [3.05, 3.63) is 48.0 Å². The van der Waals surface area contributed by atoms with Gasteiger partial charge < -0.3 is 4.57 Å². The SMILES string of the molecule is Cc1ccccc1S(=O)(=O)NCc1nccn1C. The molecule has 0 amide bonds. The predicted molar refractivity (Wildman–Crippen MR) is 68.4 cm³/mol. The van der Waals surface area contributed by atoms with E-state index in [2.05, 4.69) is 9.71 Å². The summed E-state index contributed by atoms with van der Waals surface area (Å²) in [4.78, 5) is 4.38. The van der Waals surface area contributed by atoms with Crippen molar-refractivity contribution in [3.8, 4) is 0 Å². The van der Waals surface area contributed by atoms with Gasteiger partial charge in [-0.25, -0.2) is 18.1 Å². The van der Waals surface area contributed by atoms with Gasteiger partial charge in [-0.2, -0.15) is 0 Å². The predicted octanol–water partition coefficient (Wildman–Crippen LogP) is 1.21. The molecule has 6 heteroatoms. The fourth-order valence-electron chi connectivity index (χ4n) is 1.66. The van der Waals surface area contributed by atoms with Crippen LogP contribution in [0.2, 0.25) is 0 Å². The lowest BCUT2D eigenvalue weighted by atomic mass is 10.2. The second-order valence-electron chi connectivity index (χ2n) is 4.04.